The minimum absolute atomic E-state index is 0.565. The molecule has 0 N–H and O–H groups in total. The number of hydrogen-bond acceptors (Lipinski definition) is 4. The number of nitriles is 1. The van der Waals surface area contributed by atoms with Crippen LogP contribution in [0.25, 0.3) is 28.6 Å². The molecule has 3 aromatic carbocycles. The van der Waals surface area contributed by atoms with E-state index in [2.05, 4.69) is 6.07 Å². The van der Waals surface area contributed by atoms with Crippen LogP contribution < -0.4 is 9.47 Å². The number of hydrogen-bond donors (Lipinski definition) is 0. The van der Waals surface area contributed by atoms with E-state index in [4.69, 9.17) is 14.6 Å². The first-order valence-corrected chi connectivity index (χ1v) is 9.78. The highest BCUT2D eigenvalue weighted by Gasteiger charge is 2.15. The van der Waals surface area contributed by atoms with Gasteiger partial charge in [0, 0.05) is 17.3 Å². The summed E-state index contributed by atoms with van der Waals surface area (Å²) in [5.74, 6) is 1.26. The Kier molecular flexibility index (Phi) is 5.82. The van der Waals surface area contributed by atoms with Crippen molar-refractivity contribution in [1.82, 2.24) is 9.78 Å². The lowest BCUT2D eigenvalue weighted by molar-refractivity contribution is 0.355. The smallest absolute Gasteiger partial charge is 0.161 e. The second-order valence-corrected chi connectivity index (χ2v) is 6.82. The Labute approximate surface area is 181 Å². The fourth-order valence-corrected chi connectivity index (χ4v) is 3.37. The van der Waals surface area contributed by atoms with Crippen LogP contribution in [-0.4, -0.2) is 24.0 Å². The van der Waals surface area contributed by atoms with E-state index in [9.17, 15) is 5.26 Å². The number of allylic oxidation sites excluding steroid dienone is 1. The van der Waals surface area contributed by atoms with Crippen molar-refractivity contribution in [3.8, 4) is 34.5 Å². The van der Waals surface area contributed by atoms with Crippen molar-refractivity contribution in [3.05, 3.63) is 96.2 Å². The predicted octanol–water partition coefficient (Wildman–Crippen LogP) is 5.62. The van der Waals surface area contributed by atoms with Crippen LogP contribution in [0, 0.1) is 11.3 Å². The molecule has 152 valence electrons. The van der Waals surface area contributed by atoms with Gasteiger partial charge in [-0.3, -0.25) is 0 Å². The average molecular weight is 407 g/mol. The third kappa shape index (κ3) is 4.19. The molecule has 4 rings (SSSR count). The topological polar surface area (TPSA) is 60.1 Å². The Morgan fingerprint density at radius 2 is 1.58 bits per heavy atom. The first-order valence-electron chi connectivity index (χ1n) is 9.78. The SMILES string of the molecule is COc1ccc(-c2nn(-c3ccccc3)cc2/C=C(/C#N)c2ccccc2)cc1OC. The second kappa shape index (κ2) is 9.02. The molecule has 0 fully saturated rings. The number of benzene rings is 3. The molecule has 0 aliphatic carbocycles. The second-order valence-electron chi connectivity index (χ2n) is 6.82. The number of ether oxygens (including phenoxy) is 2. The van der Waals surface area contributed by atoms with Gasteiger partial charge in [-0.25, -0.2) is 4.68 Å². The molecule has 0 radical (unpaired) electrons. The van der Waals surface area contributed by atoms with Gasteiger partial charge in [0.2, 0.25) is 0 Å². The molecule has 0 saturated carbocycles. The van der Waals surface area contributed by atoms with E-state index < -0.39 is 0 Å². The van der Waals surface area contributed by atoms with Gasteiger partial charge in [-0.05, 0) is 42.0 Å². The minimum Gasteiger partial charge on any atom is -0.493 e. The lowest BCUT2D eigenvalue weighted by Gasteiger charge is -2.09. The molecule has 0 spiro atoms. The lowest BCUT2D eigenvalue weighted by atomic mass is 10.0. The van der Waals surface area contributed by atoms with Crippen LogP contribution >= 0.6 is 0 Å². The molecule has 0 unspecified atom stereocenters. The zero-order chi connectivity index (χ0) is 21.6. The molecule has 0 aliphatic heterocycles. The third-order valence-corrected chi connectivity index (χ3v) is 4.93. The molecule has 1 heterocycles. The molecular formula is C26H21N3O2. The first-order chi connectivity index (χ1) is 15.2. The fraction of sp³-hybridized carbons (Fsp3) is 0.0769. The van der Waals surface area contributed by atoms with E-state index >= 15 is 0 Å². The molecule has 5 heteroatoms. The van der Waals surface area contributed by atoms with E-state index in [1.54, 1.807) is 14.2 Å². The summed E-state index contributed by atoms with van der Waals surface area (Å²) in [6, 6.07) is 27.5. The zero-order valence-corrected chi connectivity index (χ0v) is 17.3. The molecule has 0 saturated heterocycles. The van der Waals surface area contributed by atoms with Gasteiger partial charge in [0.25, 0.3) is 0 Å². The van der Waals surface area contributed by atoms with Crippen LogP contribution in [0.2, 0.25) is 0 Å². The standard InChI is InChI=1S/C26H21N3O2/c1-30-24-14-13-20(16-25(24)31-2)26-22(15-21(17-27)19-9-5-3-6-10-19)18-29(28-26)23-11-7-4-8-12-23/h3-16,18H,1-2H3/b21-15-. The maximum Gasteiger partial charge on any atom is 0.161 e. The first kappa shape index (κ1) is 20.0. The summed E-state index contributed by atoms with van der Waals surface area (Å²) in [5.41, 5.74) is 4.79. The molecular weight excluding hydrogens is 386 g/mol. The molecule has 0 bridgehead atoms. The van der Waals surface area contributed by atoms with Crippen molar-refractivity contribution in [3.63, 3.8) is 0 Å². The van der Waals surface area contributed by atoms with E-state index in [-0.39, 0.29) is 0 Å². The molecule has 1 aromatic heterocycles. The van der Waals surface area contributed by atoms with E-state index in [1.165, 1.54) is 0 Å². The average Bonchev–Trinajstić information content (AvgIpc) is 3.27. The van der Waals surface area contributed by atoms with Gasteiger partial charge in [0.05, 0.1) is 31.5 Å². The summed E-state index contributed by atoms with van der Waals surface area (Å²) < 4.78 is 12.7. The van der Waals surface area contributed by atoms with Crippen molar-refractivity contribution < 1.29 is 9.47 Å². The van der Waals surface area contributed by atoms with Gasteiger partial charge >= 0.3 is 0 Å². The zero-order valence-electron chi connectivity index (χ0n) is 17.3. The number of rotatable bonds is 6. The molecule has 5 nitrogen and oxygen atoms in total. The molecule has 0 amide bonds. The van der Waals surface area contributed by atoms with Crippen LogP contribution in [0.4, 0.5) is 0 Å². The molecule has 31 heavy (non-hydrogen) atoms. The highest BCUT2D eigenvalue weighted by molar-refractivity contribution is 5.92. The van der Waals surface area contributed by atoms with Gasteiger partial charge in [0.1, 0.15) is 5.69 Å². The van der Waals surface area contributed by atoms with E-state index in [1.807, 2.05) is 95.8 Å². The van der Waals surface area contributed by atoms with Crippen molar-refractivity contribution in [2.75, 3.05) is 14.2 Å². The fourth-order valence-electron chi connectivity index (χ4n) is 3.37. The highest BCUT2D eigenvalue weighted by Crippen LogP contribution is 2.34. The van der Waals surface area contributed by atoms with Crippen molar-refractivity contribution in [2.45, 2.75) is 0 Å². The van der Waals surface area contributed by atoms with Crippen LogP contribution in [-0.2, 0) is 0 Å². The molecule has 0 atom stereocenters. The largest absolute Gasteiger partial charge is 0.493 e. The highest BCUT2D eigenvalue weighted by atomic mass is 16.5. The van der Waals surface area contributed by atoms with Crippen LogP contribution in [0.5, 0.6) is 11.5 Å². The number of aromatic nitrogens is 2. The summed E-state index contributed by atoms with van der Waals surface area (Å²) in [4.78, 5) is 0. The van der Waals surface area contributed by atoms with Crippen molar-refractivity contribution in [1.29, 1.82) is 5.26 Å². The number of nitrogens with zero attached hydrogens (tertiary/aromatic N) is 3. The van der Waals surface area contributed by atoms with Gasteiger partial charge in [-0.1, -0.05) is 48.5 Å². The quantitative estimate of drug-likeness (QED) is 0.389. The Balaban J connectivity index is 1.89. The lowest BCUT2D eigenvalue weighted by Crippen LogP contribution is -1.95. The third-order valence-electron chi connectivity index (χ3n) is 4.93. The molecule has 4 aromatic rings. The summed E-state index contributed by atoms with van der Waals surface area (Å²) >= 11 is 0. The Bertz CT molecular complexity index is 1250. The summed E-state index contributed by atoms with van der Waals surface area (Å²) in [7, 11) is 3.21. The summed E-state index contributed by atoms with van der Waals surface area (Å²) in [6.07, 6.45) is 3.80. The van der Waals surface area contributed by atoms with Gasteiger partial charge in [-0.15, -0.1) is 0 Å². The number of para-hydroxylation sites is 1. The van der Waals surface area contributed by atoms with E-state index in [0.29, 0.717) is 17.1 Å². The maximum atomic E-state index is 9.79. The molecule has 0 aliphatic rings. The minimum atomic E-state index is 0.565. The monoisotopic (exact) mass is 407 g/mol. The van der Waals surface area contributed by atoms with Gasteiger partial charge in [-0.2, -0.15) is 10.4 Å². The summed E-state index contributed by atoms with van der Waals surface area (Å²) in [6.45, 7) is 0. The van der Waals surface area contributed by atoms with Crippen molar-refractivity contribution in [2.24, 2.45) is 0 Å². The Hall–Kier alpha value is -4.30. The normalized spacial score (nSPS) is 11.1. The van der Waals surface area contributed by atoms with Crippen LogP contribution in [0.1, 0.15) is 11.1 Å². The van der Waals surface area contributed by atoms with Gasteiger partial charge < -0.3 is 9.47 Å². The number of methoxy groups -OCH3 is 2. The van der Waals surface area contributed by atoms with E-state index in [0.717, 1.165) is 28.1 Å². The summed E-state index contributed by atoms with van der Waals surface area (Å²) in [5, 5.41) is 14.6. The van der Waals surface area contributed by atoms with Crippen molar-refractivity contribution >= 4 is 11.6 Å². The maximum absolute atomic E-state index is 9.79. The van der Waals surface area contributed by atoms with Crippen LogP contribution in [0.3, 0.4) is 0 Å². The van der Waals surface area contributed by atoms with Gasteiger partial charge in [0.15, 0.2) is 11.5 Å². The van der Waals surface area contributed by atoms with Crippen LogP contribution in [0.15, 0.2) is 85.1 Å². The Morgan fingerprint density at radius 3 is 2.23 bits per heavy atom. The Morgan fingerprint density at radius 1 is 0.903 bits per heavy atom. The predicted molar refractivity (Wildman–Crippen MR) is 122 cm³/mol.